The number of rotatable bonds is 8. The molecule has 0 N–H and O–H groups in total. The molecule has 0 heterocycles. The molecule has 4 nitrogen and oxygen atoms in total. The van der Waals surface area contributed by atoms with Gasteiger partial charge in [-0.25, -0.2) is 4.79 Å². The lowest BCUT2D eigenvalue weighted by Crippen LogP contribution is -2.16. The smallest absolute Gasteiger partial charge is 0.343 e. The van der Waals surface area contributed by atoms with Gasteiger partial charge >= 0.3 is 5.97 Å². The van der Waals surface area contributed by atoms with Crippen molar-refractivity contribution in [3.8, 4) is 11.5 Å². The minimum Gasteiger partial charge on any atom is -0.465 e. The number of carbonyl (C=O) groups is 1. The van der Waals surface area contributed by atoms with Crippen LogP contribution in [0.1, 0.15) is 56.0 Å². The molecule has 0 saturated carbocycles. The fourth-order valence-electron chi connectivity index (χ4n) is 2.42. The van der Waals surface area contributed by atoms with Gasteiger partial charge in [0.1, 0.15) is 11.5 Å². The van der Waals surface area contributed by atoms with E-state index in [4.69, 9.17) is 14.2 Å². The Balaban J connectivity index is 2.02. The maximum atomic E-state index is 12.3. The number of carbonyl (C=O) groups excluding carboxylic acids is 1. The van der Waals surface area contributed by atoms with E-state index in [0.717, 1.165) is 6.42 Å². The molecule has 0 bridgehead atoms. The number of hydrogen-bond acceptors (Lipinski definition) is 4. The third-order valence-electron chi connectivity index (χ3n) is 4.05. The van der Waals surface area contributed by atoms with Crippen LogP contribution in [0.15, 0.2) is 48.5 Å². The van der Waals surface area contributed by atoms with Crippen LogP contribution in [0, 0.1) is 0 Å². The van der Waals surface area contributed by atoms with Crippen molar-refractivity contribution < 1.29 is 19.0 Å². The van der Waals surface area contributed by atoms with Crippen molar-refractivity contribution in [3.63, 3.8) is 0 Å². The molecule has 25 heavy (non-hydrogen) atoms. The molecule has 0 radical (unpaired) electrons. The van der Waals surface area contributed by atoms with Gasteiger partial charge in [-0.05, 0) is 56.0 Å². The molecule has 0 aliphatic rings. The first-order chi connectivity index (χ1) is 12.0. The maximum Gasteiger partial charge on any atom is 0.343 e. The van der Waals surface area contributed by atoms with Gasteiger partial charge in [-0.1, -0.05) is 32.0 Å². The molecule has 134 valence electrons. The van der Waals surface area contributed by atoms with E-state index < -0.39 is 0 Å². The molecule has 0 aliphatic heterocycles. The number of esters is 1. The monoisotopic (exact) mass is 342 g/mol. The number of benzene rings is 2. The standard InChI is InChI=1S/C21H26O4/c1-5-15(3)17-10-12-18(13-11-17)21(22)25-20-9-7-8-19(14-20)24-16(4)23-6-2/h7-16H,5-6H2,1-4H3. The summed E-state index contributed by atoms with van der Waals surface area (Å²) in [6, 6.07) is 14.6. The largest absolute Gasteiger partial charge is 0.465 e. The second-order valence-corrected chi connectivity index (χ2v) is 5.94. The lowest BCUT2D eigenvalue weighted by molar-refractivity contribution is -0.0613. The van der Waals surface area contributed by atoms with Crippen molar-refractivity contribution in [3.05, 3.63) is 59.7 Å². The molecule has 2 aromatic carbocycles. The summed E-state index contributed by atoms with van der Waals surface area (Å²) < 4.78 is 16.4. The lowest BCUT2D eigenvalue weighted by Gasteiger charge is -2.15. The summed E-state index contributed by atoms with van der Waals surface area (Å²) >= 11 is 0. The van der Waals surface area contributed by atoms with E-state index >= 15 is 0 Å². The normalized spacial score (nSPS) is 13.1. The number of ether oxygens (including phenoxy) is 3. The van der Waals surface area contributed by atoms with Crippen LogP contribution in [0.5, 0.6) is 11.5 Å². The summed E-state index contributed by atoms with van der Waals surface area (Å²) in [5.74, 6) is 1.13. The van der Waals surface area contributed by atoms with E-state index in [1.54, 1.807) is 36.4 Å². The van der Waals surface area contributed by atoms with Crippen molar-refractivity contribution in [1.29, 1.82) is 0 Å². The third kappa shape index (κ3) is 5.61. The Kier molecular flexibility index (Phi) is 7.02. The van der Waals surface area contributed by atoms with Gasteiger partial charge in [0.15, 0.2) is 6.29 Å². The molecule has 2 unspecified atom stereocenters. The van der Waals surface area contributed by atoms with E-state index in [0.29, 0.717) is 29.6 Å². The van der Waals surface area contributed by atoms with E-state index in [9.17, 15) is 4.79 Å². The Morgan fingerprint density at radius 1 is 1.00 bits per heavy atom. The summed E-state index contributed by atoms with van der Waals surface area (Å²) in [4.78, 5) is 12.3. The molecule has 0 aliphatic carbocycles. The van der Waals surface area contributed by atoms with Gasteiger partial charge in [0.25, 0.3) is 0 Å². The van der Waals surface area contributed by atoms with E-state index in [2.05, 4.69) is 13.8 Å². The minimum atomic E-state index is -0.384. The Hall–Kier alpha value is -2.33. The van der Waals surface area contributed by atoms with Crippen LogP contribution in [0.2, 0.25) is 0 Å². The van der Waals surface area contributed by atoms with Crippen LogP contribution >= 0.6 is 0 Å². The van der Waals surface area contributed by atoms with Crippen LogP contribution in [-0.4, -0.2) is 18.9 Å². The maximum absolute atomic E-state index is 12.3. The third-order valence-corrected chi connectivity index (χ3v) is 4.05. The van der Waals surface area contributed by atoms with Crippen LogP contribution in [0.4, 0.5) is 0 Å². The Morgan fingerprint density at radius 2 is 1.68 bits per heavy atom. The molecule has 0 spiro atoms. The summed E-state index contributed by atoms with van der Waals surface area (Å²) in [5, 5.41) is 0. The molecule has 0 amide bonds. The summed E-state index contributed by atoms with van der Waals surface area (Å²) in [6.07, 6.45) is 0.709. The van der Waals surface area contributed by atoms with Crippen LogP contribution in [0.3, 0.4) is 0 Å². The topological polar surface area (TPSA) is 44.8 Å². The van der Waals surface area contributed by atoms with Crippen molar-refractivity contribution in [2.45, 2.75) is 46.3 Å². The van der Waals surface area contributed by atoms with E-state index in [1.807, 2.05) is 26.0 Å². The fourth-order valence-corrected chi connectivity index (χ4v) is 2.42. The Labute approximate surface area is 149 Å². The van der Waals surface area contributed by atoms with Crippen LogP contribution in [-0.2, 0) is 4.74 Å². The van der Waals surface area contributed by atoms with E-state index in [-0.39, 0.29) is 12.3 Å². The van der Waals surface area contributed by atoms with Crippen molar-refractivity contribution in [2.24, 2.45) is 0 Å². The molecule has 0 saturated heterocycles. The quantitative estimate of drug-likeness (QED) is 0.377. The Bertz CT molecular complexity index is 679. The average Bonchev–Trinajstić information content (AvgIpc) is 2.61. The molecule has 2 aromatic rings. The first kappa shape index (κ1) is 19.0. The fraction of sp³-hybridized carbons (Fsp3) is 0.381. The Morgan fingerprint density at radius 3 is 2.32 bits per heavy atom. The highest BCUT2D eigenvalue weighted by Crippen LogP contribution is 2.23. The molecule has 0 fully saturated rings. The molecule has 2 rings (SSSR count). The molecule has 2 atom stereocenters. The first-order valence-corrected chi connectivity index (χ1v) is 8.74. The van der Waals surface area contributed by atoms with Gasteiger partial charge in [0.2, 0.25) is 0 Å². The minimum absolute atomic E-state index is 0.357. The van der Waals surface area contributed by atoms with E-state index in [1.165, 1.54) is 5.56 Å². The van der Waals surface area contributed by atoms with Crippen molar-refractivity contribution in [1.82, 2.24) is 0 Å². The summed E-state index contributed by atoms with van der Waals surface area (Å²) in [7, 11) is 0. The van der Waals surface area contributed by atoms with Gasteiger partial charge in [0, 0.05) is 12.7 Å². The van der Waals surface area contributed by atoms with Gasteiger partial charge in [-0.2, -0.15) is 0 Å². The zero-order valence-corrected chi connectivity index (χ0v) is 15.3. The van der Waals surface area contributed by atoms with Gasteiger partial charge in [-0.15, -0.1) is 0 Å². The number of hydrogen-bond donors (Lipinski definition) is 0. The van der Waals surface area contributed by atoms with Gasteiger partial charge in [-0.3, -0.25) is 0 Å². The van der Waals surface area contributed by atoms with Crippen molar-refractivity contribution >= 4 is 5.97 Å². The highest BCUT2D eigenvalue weighted by molar-refractivity contribution is 5.91. The second-order valence-electron chi connectivity index (χ2n) is 5.94. The zero-order chi connectivity index (χ0) is 18.2. The SMILES string of the molecule is CCOC(C)Oc1cccc(OC(=O)c2ccc(C(C)CC)cc2)c1. The van der Waals surface area contributed by atoms with Gasteiger partial charge < -0.3 is 14.2 Å². The highest BCUT2D eigenvalue weighted by Gasteiger charge is 2.11. The predicted octanol–water partition coefficient (Wildman–Crippen LogP) is 5.18. The molecule has 4 heteroatoms. The second kappa shape index (κ2) is 9.23. The average molecular weight is 342 g/mol. The van der Waals surface area contributed by atoms with Crippen LogP contribution < -0.4 is 9.47 Å². The molecule has 0 aromatic heterocycles. The van der Waals surface area contributed by atoms with Crippen molar-refractivity contribution in [2.75, 3.05) is 6.61 Å². The summed E-state index contributed by atoms with van der Waals surface area (Å²) in [6.45, 7) is 8.62. The van der Waals surface area contributed by atoms with Crippen LogP contribution in [0.25, 0.3) is 0 Å². The predicted molar refractivity (Wildman–Crippen MR) is 98.3 cm³/mol. The highest BCUT2D eigenvalue weighted by atomic mass is 16.7. The zero-order valence-electron chi connectivity index (χ0n) is 15.3. The molecular weight excluding hydrogens is 316 g/mol. The lowest BCUT2D eigenvalue weighted by atomic mass is 9.98. The summed E-state index contributed by atoms with van der Waals surface area (Å²) in [5.41, 5.74) is 1.75. The molecular formula is C21H26O4. The van der Waals surface area contributed by atoms with Gasteiger partial charge in [0.05, 0.1) is 5.56 Å². The first-order valence-electron chi connectivity index (χ1n) is 8.74.